The van der Waals surface area contributed by atoms with Crippen LogP contribution in [-0.4, -0.2) is 32.3 Å². The quantitative estimate of drug-likeness (QED) is 0.837. The number of esters is 1. The van der Waals surface area contributed by atoms with Crippen molar-refractivity contribution in [3.8, 4) is 11.5 Å². The maximum atomic E-state index is 11.7. The van der Waals surface area contributed by atoms with Crippen LogP contribution in [0.4, 0.5) is 0 Å². The van der Waals surface area contributed by atoms with Gasteiger partial charge in [0.25, 0.3) is 0 Å². The standard InChI is InChI=1S/C12H16N4O2/c1-5-18-12(17)10-8(3)13-11(14-10)9-6-7(2)15-16(9)4/h6H,5H2,1-4H3,(H,13,14). The highest BCUT2D eigenvalue weighted by Crippen LogP contribution is 2.18. The van der Waals surface area contributed by atoms with E-state index in [0.29, 0.717) is 23.8 Å². The lowest BCUT2D eigenvalue weighted by Crippen LogP contribution is -2.06. The van der Waals surface area contributed by atoms with Crippen LogP contribution >= 0.6 is 0 Å². The molecule has 6 nitrogen and oxygen atoms in total. The van der Waals surface area contributed by atoms with Crippen molar-refractivity contribution in [1.29, 1.82) is 0 Å². The average molecular weight is 248 g/mol. The fourth-order valence-corrected chi connectivity index (χ4v) is 1.81. The van der Waals surface area contributed by atoms with Gasteiger partial charge in [0.05, 0.1) is 12.3 Å². The maximum Gasteiger partial charge on any atom is 0.358 e. The van der Waals surface area contributed by atoms with Crippen molar-refractivity contribution in [2.24, 2.45) is 7.05 Å². The van der Waals surface area contributed by atoms with Crippen LogP contribution in [0.5, 0.6) is 0 Å². The van der Waals surface area contributed by atoms with E-state index < -0.39 is 5.97 Å². The van der Waals surface area contributed by atoms with Crippen molar-refractivity contribution in [3.05, 3.63) is 23.1 Å². The van der Waals surface area contributed by atoms with Crippen LogP contribution in [0.25, 0.3) is 11.5 Å². The first-order chi connectivity index (χ1) is 8.52. The number of hydrogen-bond donors (Lipinski definition) is 1. The molecule has 1 N–H and O–H groups in total. The Bertz CT molecular complexity index is 583. The van der Waals surface area contributed by atoms with E-state index >= 15 is 0 Å². The van der Waals surface area contributed by atoms with Gasteiger partial charge in [-0.05, 0) is 26.8 Å². The minimum absolute atomic E-state index is 0.325. The highest BCUT2D eigenvalue weighted by molar-refractivity contribution is 5.89. The number of nitrogens with one attached hydrogen (secondary N) is 1. The molecule has 0 saturated carbocycles. The van der Waals surface area contributed by atoms with E-state index in [1.165, 1.54) is 0 Å². The van der Waals surface area contributed by atoms with Crippen molar-refractivity contribution < 1.29 is 9.53 Å². The Morgan fingerprint density at radius 1 is 1.50 bits per heavy atom. The van der Waals surface area contributed by atoms with Gasteiger partial charge in [0.15, 0.2) is 11.5 Å². The largest absolute Gasteiger partial charge is 0.461 e. The van der Waals surface area contributed by atoms with Crippen molar-refractivity contribution in [2.75, 3.05) is 6.61 Å². The Labute approximate surface area is 105 Å². The number of ether oxygens (including phenoxy) is 1. The number of hydrogen-bond acceptors (Lipinski definition) is 4. The molecule has 0 unspecified atom stereocenters. The predicted octanol–water partition coefficient (Wildman–Crippen LogP) is 1.60. The number of aromatic nitrogens is 4. The first-order valence-corrected chi connectivity index (χ1v) is 5.77. The zero-order valence-corrected chi connectivity index (χ0v) is 10.9. The summed E-state index contributed by atoms with van der Waals surface area (Å²) in [5, 5.41) is 4.25. The molecule has 0 aromatic carbocycles. The van der Waals surface area contributed by atoms with Gasteiger partial charge in [-0.2, -0.15) is 5.10 Å². The van der Waals surface area contributed by atoms with Crippen molar-refractivity contribution in [2.45, 2.75) is 20.8 Å². The fourth-order valence-electron chi connectivity index (χ4n) is 1.81. The van der Waals surface area contributed by atoms with E-state index in [9.17, 15) is 4.79 Å². The van der Waals surface area contributed by atoms with E-state index in [1.807, 2.05) is 20.0 Å². The molecule has 0 saturated heterocycles. The number of nitrogens with zero attached hydrogens (tertiary/aromatic N) is 3. The number of imidazole rings is 1. The summed E-state index contributed by atoms with van der Waals surface area (Å²) in [6.07, 6.45) is 0. The highest BCUT2D eigenvalue weighted by atomic mass is 16.5. The number of carbonyl (C=O) groups excluding carboxylic acids is 1. The molecule has 0 aliphatic heterocycles. The van der Waals surface area contributed by atoms with Gasteiger partial charge in [0.2, 0.25) is 0 Å². The topological polar surface area (TPSA) is 72.8 Å². The zero-order chi connectivity index (χ0) is 13.3. The molecule has 0 aliphatic carbocycles. The summed E-state index contributed by atoms with van der Waals surface area (Å²) in [5.74, 6) is 0.218. The van der Waals surface area contributed by atoms with Crippen molar-refractivity contribution in [1.82, 2.24) is 19.7 Å². The Hall–Kier alpha value is -2.11. The molecule has 6 heteroatoms. The van der Waals surface area contributed by atoms with Gasteiger partial charge in [0.1, 0.15) is 5.69 Å². The molecule has 96 valence electrons. The SMILES string of the molecule is CCOC(=O)c1nc(-c2cc(C)nn2C)[nH]c1C. The molecule has 18 heavy (non-hydrogen) atoms. The summed E-state index contributed by atoms with van der Waals surface area (Å²) in [6.45, 7) is 5.81. The molecule has 2 heterocycles. The third-order valence-electron chi connectivity index (χ3n) is 2.60. The third kappa shape index (κ3) is 2.13. The molecule has 2 aromatic rings. The molecule has 0 aliphatic rings. The summed E-state index contributed by atoms with van der Waals surface area (Å²) < 4.78 is 6.67. The summed E-state index contributed by atoms with van der Waals surface area (Å²) in [5.41, 5.74) is 2.76. The van der Waals surface area contributed by atoms with Gasteiger partial charge in [0, 0.05) is 12.7 Å². The number of H-pyrrole nitrogens is 1. The van der Waals surface area contributed by atoms with Gasteiger partial charge in [-0.3, -0.25) is 4.68 Å². The lowest BCUT2D eigenvalue weighted by molar-refractivity contribution is 0.0519. The minimum Gasteiger partial charge on any atom is -0.461 e. The molecule has 0 spiro atoms. The molecule has 2 rings (SSSR count). The lowest BCUT2D eigenvalue weighted by atomic mass is 10.3. The monoisotopic (exact) mass is 248 g/mol. The molecular formula is C12H16N4O2. The Balaban J connectivity index is 2.40. The molecule has 0 atom stereocenters. The molecule has 0 radical (unpaired) electrons. The summed E-state index contributed by atoms with van der Waals surface area (Å²) in [7, 11) is 1.84. The van der Waals surface area contributed by atoms with Gasteiger partial charge in [-0.25, -0.2) is 9.78 Å². The highest BCUT2D eigenvalue weighted by Gasteiger charge is 2.18. The van der Waals surface area contributed by atoms with Crippen LogP contribution in [-0.2, 0) is 11.8 Å². The predicted molar refractivity (Wildman–Crippen MR) is 66.2 cm³/mol. The molecule has 2 aromatic heterocycles. The number of carbonyl (C=O) groups is 1. The number of aromatic amines is 1. The summed E-state index contributed by atoms with van der Waals surface area (Å²) >= 11 is 0. The number of rotatable bonds is 3. The Kier molecular flexibility index (Phi) is 3.18. The minimum atomic E-state index is -0.406. The smallest absolute Gasteiger partial charge is 0.358 e. The van der Waals surface area contributed by atoms with E-state index in [2.05, 4.69) is 15.1 Å². The first-order valence-electron chi connectivity index (χ1n) is 5.77. The Morgan fingerprint density at radius 2 is 2.22 bits per heavy atom. The van der Waals surface area contributed by atoms with Crippen LogP contribution in [0, 0.1) is 13.8 Å². The van der Waals surface area contributed by atoms with Crippen molar-refractivity contribution >= 4 is 5.97 Å². The zero-order valence-electron chi connectivity index (χ0n) is 10.9. The first kappa shape index (κ1) is 12.3. The second kappa shape index (κ2) is 4.64. The van der Waals surface area contributed by atoms with Crippen molar-refractivity contribution in [3.63, 3.8) is 0 Å². The third-order valence-corrected chi connectivity index (χ3v) is 2.60. The van der Waals surface area contributed by atoms with Gasteiger partial charge in [-0.1, -0.05) is 0 Å². The second-order valence-electron chi connectivity index (χ2n) is 4.07. The summed E-state index contributed by atoms with van der Waals surface area (Å²) in [6, 6.07) is 1.91. The average Bonchev–Trinajstić information content (AvgIpc) is 2.82. The van der Waals surface area contributed by atoms with Crippen LogP contribution in [0.3, 0.4) is 0 Å². The molecular weight excluding hydrogens is 232 g/mol. The summed E-state index contributed by atoms with van der Waals surface area (Å²) in [4.78, 5) is 19.0. The van der Waals surface area contributed by atoms with E-state index in [4.69, 9.17) is 4.74 Å². The Morgan fingerprint density at radius 3 is 2.78 bits per heavy atom. The van der Waals surface area contributed by atoms with Crippen LogP contribution < -0.4 is 0 Å². The van der Waals surface area contributed by atoms with E-state index in [0.717, 1.165) is 11.4 Å². The van der Waals surface area contributed by atoms with Crippen LogP contribution in [0.15, 0.2) is 6.07 Å². The van der Waals surface area contributed by atoms with E-state index in [-0.39, 0.29) is 0 Å². The van der Waals surface area contributed by atoms with Crippen LogP contribution in [0.1, 0.15) is 28.8 Å². The van der Waals surface area contributed by atoms with Crippen LogP contribution in [0.2, 0.25) is 0 Å². The maximum absolute atomic E-state index is 11.7. The lowest BCUT2D eigenvalue weighted by Gasteiger charge is -1.97. The number of aryl methyl sites for hydroxylation is 3. The van der Waals surface area contributed by atoms with Gasteiger partial charge in [-0.15, -0.1) is 0 Å². The second-order valence-corrected chi connectivity index (χ2v) is 4.07. The molecule has 0 fully saturated rings. The van der Waals surface area contributed by atoms with Gasteiger partial charge >= 0.3 is 5.97 Å². The molecule has 0 amide bonds. The fraction of sp³-hybridized carbons (Fsp3) is 0.417. The van der Waals surface area contributed by atoms with E-state index in [1.54, 1.807) is 18.5 Å². The normalized spacial score (nSPS) is 10.7. The van der Waals surface area contributed by atoms with Gasteiger partial charge < -0.3 is 9.72 Å². The molecule has 0 bridgehead atoms.